The number of rotatable bonds is 10. The number of hydrogen-bond donors (Lipinski definition) is 3. The first-order valence-electron chi connectivity index (χ1n) is 11.3. The van der Waals surface area contributed by atoms with Crippen molar-refractivity contribution in [2.75, 3.05) is 13.1 Å². The first kappa shape index (κ1) is 25.1. The summed E-state index contributed by atoms with van der Waals surface area (Å²) in [5, 5.41) is 10.3. The molecule has 0 unspecified atom stereocenters. The van der Waals surface area contributed by atoms with Crippen LogP contribution in [0.3, 0.4) is 0 Å². The zero-order valence-corrected chi connectivity index (χ0v) is 20.4. The summed E-state index contributed by atoms with van der Waals surface area (Å²) in [6, 6.07) is 15.2. The Bertz CT molecular complexity index is 1110. The molecule has 0 aliphatic heterocycles. The van der Waals surface area contributed by atoms with Gasteiger partial charge < -0.3 is 16.0 Å². The lowest BCUT2D eigenvalue weighted by atomic mass is 10.1. The second-order valence-corrected chi connectivity index (χ2v) is 9.41. The number of amides is 3. The molecule has 0 bridgehead atoms. The fourth-order valence-electron chi connectivity index (χ4n) is 3.17. The number of nitrogens with zero attached hydrogens (tertiary/aromatic N) is 1. The molecule has 3 aromatic rings. The lowest BCUT2D eigenvalue weighted by Crippen LogP contribution is -2.53. The summed E-state index contributed by atoms with van der Waals surface area (Å²) >= 11 is 1.53. The van der Waals surface area contributed by atoms with E-state index in [0.717, 1.165) is 16.9 Å². The molecule has 0 fully saturated rings. The molecule has 0 spiro atoms. The summed E-state index contributed by atoms with van der Waals surface area (Å²) in [6.07, 6.45) is 0.812. The number of aryl methyl sites for hydroxylation is 1. The third kappa shape index (κ3) is 7.25. The van der Waals surface area contributed by atoms with E-state index in [4.69, 9.17) is 0 Å². The van der Waals surface area contributed by atoms with Gasteiger partial charge in [0.05, 0.1) is 10.6 Å². The molecule has 34 heavy (non-hydrogen) atoms. The summed E-state index contributed by atoms with van der Waals surface area (Å²) in [4.78, 5) is 43.7. The normalized spacial score (nSPS) is 11.6. The van der Waals surface area contributed by atoms with Crippen LogP contribution in [-0.2, 0) is 4.79 Å². The van der Waals surface area contributed by atoms with Crippen molar-refractivity contribution in [1.29, 1.82) is 0 Å². The van der Waals surface area contributed by atoms with Crippen LogP contribution in [0.15, 0.2) is 60.0 Å². The zero-order chi connectivity index (χ0) is 24.5. The van der Waals surface area contributed by atoms with Crippen LogP contribution >= 0.6 is 11.3 Å². The van der Waals surface area contributed by atoms with Crippen LogP contribution in [0.2, 0.25) is 0 Å². The van der Waals surface area contributed by atoms with Crippen molar-refractivity contribution in [3.8, 4) is 10.6 Å². The lowest BCUT2D eigenvalue weighted by Gasteiger charge is -2.19. The highest BCUT2D eigenvalue weighted by Crippen LogP contribution is 2.22. The van der Waals surface area contributed by atoms with Gasteiger partial charge in [0.1, 0.15) is 11.7 Å². The quantitative estimate of drug-likeness (QED) is 0.413. The van der Waals surface area contributed by atoms with Crippen LogP contribution in [0.5, 0.6) is 0 Å². The second kappa shape index (κ2) is 12.1. The number of aromatic nitrogens is 1. The van der Waals surface area contributed by atoms with Gasteiger partial charge in [-0.3, -0.25) is 14.4 Å². The largest absolute Gasteiger partial charge is 0.354 e. The highest BCUT2D eigenvalue weighted by molar-refractivity contribution is 7.13. The van der Waals surface area contributed by atoms with Gasteiger partial charge in [-0.2, -0.15) is 0 Å². The Hall–Kier alpha value is -3.52. The van der Waals surface area contributed by atoms with E-state index in [0.29, 0.717) is 23.7 Å². The Kier molecular flexibility index (Phi) is 8.93. The summed E-state index contributed by atoms with van der Waals surface area (Å²) < 4.78 is 0. The molecule has 2 aromatic heterocycles. The molecule has 3 N–H and O–H groups in total. The Morgan fingerprint density at radius 2 is 1.71 bits per heavy atom. The molecule has 7 nitrogen and oxygen atoms in total. The average molecular weight is 479 g/mol. The molecule has 1 aromatic carbocycles. The maximum atomic E-state index is 13.0. The average Bonchev–Trinajstić information content (AvgIpc) is 3.37. The van der Waals surface area contributed by atoms with Crippen LogP contribution in [0.4, 0.5) is 0 Å². The Morgan fingerprint density at radius 1 is 0.941 bits per heavy atom. The van der Waals surface area contributed by atoms with Crippen molar-refractivity contribution in [3.63, 3.8) is 0 Å². The SMILES string of the molecule is Cc1ccc(C(=O)NC[C@H](NC(=O)c2cccc(-c3cccs3)n2)C(=O)NCCC(C)C)cc1. The molecule has 0 saturated carbocycles. The van der Waals surface area contributed by atoms with E-state index in [1.165, 1.54) is 11.3 Å². The number of hydrogen-bond acceptors (Lipinski definition) is 5. The zero-order valence-electron chi connectivity index (χ0n) is 19.6. The van der Waals surface area contributed by atoms with E-state index in [-0.39, 0.29) is 24.1 Å². The first-order chi connectivity index (χ1) is 16.3. The topological polar surface area (TPSA) is 100 Å². The predicted octanol–water partition coefficient (Wildman–Crippen LogP) is 3.81. The third-order valence-corrected chi connectivity index (χ3v) is 6.07. The molecule has 0 radical (unpaired) electrons. The third-order valence-electron chi connectivity index (χ3n) is 5.18. The first-order valence-corrected chi connectivity index (χ1v) is 12.2. The van der Waals surface area contributed by atoms with Crippen LogP contribution in [0, 0.1) is 12.8 Å². The molecular formula is C26H30N4O3S. The molecule has 8 heteroatoms. The highest BCUT2D eigenvalue weighted by atomic mass is 32.1. The van der Waals surface area contributed by atoms with Gasteiger partial charge in [0.15, 0.2) is 0 Å². The number of carbonyl (C=O) groups excluding carboxylic acids is 3. The lowest BCUT2D eigenvalue weighted by molar-refractivity contribution is -0.122. The summed E-state index contributed by atoms with van der Waals surface area (Å²) in [7, 11) is 0. The molecule has 178 valence electrons. The Balaban J connectivity index is 1.70. The van der Waals surface area contributed by atoms with Gasteiger partial charge in [-0.1, -0.05) is 43.7 Å². The van der Waals surface area contributed by atoms with Gasteiger partial charge in [-0.25, -0.2) is 4.98 Å². The van der Waals surface area contributed by atoms with Crippen LogP contribution in [0.25, 0.3) is 10.6 Å². The number of carbonyl (C=O) groups is 3. The van der Waals surface area contributed by atoms with Crippen molar-refractivity contribution in [2.24, 2.45) is 5.92 Å². The molecule has 0 aliphatic carbocycles. The van der Waals surface area contributed by atoms with Crippen molar-refractivity contribution in [3.05, 3.63) is 76.8 Å². The fourth-order valence-corrected chi connectivity index (χ4v) is 3.87. The molecule has 0 saturated heterocycles. The molecule has 3 rings (SSSR count). The summed E-state index contributed by atoms with van der Waals surface area (Å²) in [5.41, 5.74) is 2.42. The number of thiophene rings is 1. The van der Waals surface area contributed by atoms with Crippen LogP contribution < -0.4 is 16.0 Å². The van der Waals surface area contributed by atoms with E-state index in [1.807, 2.05) is 42.6 Å². The van der Waals surface area contributed by atoms with Crippen LogP contribution in [-0.4, -0.2) is 41.8 Å². The Morgan fingerprint density at radius 3 is 2.38 bits per heavy atom. The number of benzene rings is 1. The molecule has 0 aliphatic rings. The number of pyridine rings is 1. The number of nitrogens with one attached hydrogen (secondary N) is 3. The molecule has 2 heterocycles. The highest BCUT2D eigenvalue weighted by Gasteiger charge is 2.23. The smallest absolute Gasteiger partial charge is 0.270 e. The maximum Gasteiger partial charge on any atom is 0.270 e. The Labute approximate surface area is 204 Å². The van der Waals surface area contributed by atoms with E-state index >= 15 is 0 Å². The van der Waals surface area contributed by atoms with Gasteiger partial charge in [0, 0.05) is 18.7 Å². The fraction of sp³-hybridized carbons (Fsp3) is 0.308. The molecular weight excluding hydrogens is 448 g/mol. The maximum absolute atomic E-state index is 13.0. The second-order valence-electron chi connectivity index (χ2n) is 8.46. The minimum absolute atomic E-state index is 0.0451. The molecule has 1 atom stereocenters. The van der Waals surface area contributed by atoms with Gasteiger partial charge in [0.25, 0.3) is 11.8 Å². The van der Waals surface area contributed by atoms with Crippen molar-refractivity contribution in [1.82, 2.24) is 20.9 Å². The van der Waals surface area contributed by atoms with E-state index in [1.54, 1.807) is 24.3 Å². The van der Waals surface area contributed by atoms with Gasteiger partial charge in [-0.05, 0) is 55.0 Å². The van der Waals surface area contributed by atoms with E-state index in [9.17, 15) is 14.4 Å². The van der Waals surface area contributed by atoms with Gasteiger partial charge >= 0.3 is 0 Å². The minimum atomic E-state index is -0.943. The van der Waals surface area contributed by atoms with Crippen molar-refractivity contribution in [2.45, 2.75) is 33.2 Å². The standard InChI is InChI=1S/C26H30N4O3S/c1-17(2)13-14-27-25(32)22(16-28-24(31)19-11-9-18(3)10-12-19)30-26(33)21-7-4-6-20(29-21)23-8-5-15-34-23/h4-12,15,17,22H,13-14,16H2,1-3H3,(H,27,32)(H,28,31)(H,30,33)/t22-/m0/s1. The summed E-state index contributed by atoms with van der Waals surface area (Å²) in [5.74, 6) is -0.717. The molecule has 3 amide bonds. The minimum Gasteiger partial charge on any atom is -0.354 e. The van der Waals surface area contributed by atoms with Crippen molar-refractivity contribution >= 4 is 29.1 Å². The van der Waals surface area contributed by atoms with E-state index < -0.39 is 11.9 Å². The van der Waals surface area contributed by atoms with Crippen LogP contribution in [0.1, 0.15) is 46.7 Å². The van der Waals surface area contributed by atoms with Gasteiger partial charge in [-0.15, -0.1) is 11.3 Å². The summed E-state index contributed by atoms with van der Waals surface area (Å²) in [6.45, 7) is 6.52. The predicted molar refractivity (Wildman–Crippen MR) is 135 cm³/mol. The van der Waals surface area contributed by atoms with Crippen molar-refractivity contribution < 1.29 is 14.4 Å². The van der Waals surface area contributed by atoms with Gasteiger partial charge in [0.2, 0.25) is 5.91 Å². The monoisotopic (exact) mass is 478 g/mol. The van der Waals surface area contributed by atoms with E-state index in [2.05, 4.69) is 34.8 Å².